The van der Waals surface area contributed by atoms with Crippen molar-refractivity contribution in [2.45, 2.75) is 25.9 Å². The largest absolute Gasteiger partial charge is 0.335 e. The smallest absolute Gasteiger partial charge is 0.264 e. The van der Waals surface area contributed by atoms with Crippen LogP contribution >= 0.6 is 11.3 Å². The van der Waals surface area contributed by atoms with Crippen LogP contribution in [0.2, 0.25) is 0 Å². The molecule has 2 aromatic rings. The van der Waals surface area contributed by atoms with Crippen molar-refractivity contribution >= 4 is 23.2 Å². The minimum Gasteiger partial charge on any atom is -0.335 e. The maximum absolute atomic E-state index is 12.8. The van der Waals surface area contributed by atoms with E-state index in [1.165, 1.54) is 0 Å². The Hall–Kier alpha value is -2.25. The maximum atomic E-state index is 12.8. The molecule has 4 heterocycles. The van der Waals surface area contributed by atoms with Crippen LogP contribution in [-0.2, 0) is 11.3 Å². The molecule has 0 aromatic carbocycles. The van der Waals surface area contributed by atoms with E-state index in [1.807, 2.05) is 47.1 Å². The lowest BCUT2D eigenvalue weighted by atomic mass is 10.1. The van der Waals surface area contributed by atoms with Crippen LogP contribution in [0.1, 0.15) is 26.7 Å². The van der Waals surface area contributed by atoms with Gasteiger partial charge in [0.2, 0.25) is 5.91 Å². The molecule has 2 fully saturated rings. The van der Waals surface area contributed by atoms with Gasteiger partial charge in [0.05, 0.1) is 23.2 Å². The van der Waals surface area contributed by atoms with Crippen LogP contribution in [0, 0.1) is 6.92 Å². The summed E-state index contributed by atoms with van der Waals surface area (Å²) in [5.41, 5.74) is 0.924. The van der Waals surface area contributed by atoms with E-state index in [1.54, 1.807) is 17.5 Å². The quantitative estimate of drug-likeness (QED) is 0.809. The number of carbonyl (C=O) groups excluding carboxylic acids is 2. The fourth-order valence-electron chi connectivity index (χ4n) is 3.85. The second-order valence-corrected chi connectivity index (χ2v) is 8.41. The number of aryl methyl sites for hydroxylation is 1. The summed E-state index contributed by atoms with van der Waals surface area (Å²) in [6, 6.07) is 9.63. The summed E-state index contributed by atoms with van der Waals surface area (Å²) in [5.74, 6) is 0.302. The first-order chi connectivity index (χ1) is 13.1. The number of carbonyl (C=O) groups is 2. The monoisotopic (exact) mass is 384 g/mol. The Kier molecular flexibility index (Phi) is 5.22. The topological polar surface area (TPSA) is 56.8 Å². The van der Waals surface area contributed by atoms with Gasteiger partial charge in [0.1, 0.15) is 0 Å². The number of amides is 2. The molecule has 2 aliphatic rings. The molecule has 27 heavy (non-hydrogen) atoms. The van der Waals surface area contributed by atoms with Gasteiger partial charge in [-0.1, -0.05) is 6.07 Å². The standard InChI is InChI=1S/C20H24N4O2S/c1-15-5-6-18(27-15)20(26)23-12-10-22(11-13-23)17-7-9-24(19(17)25)14-16-4-2-3-8-21-16/h2-6,8,17H,7,9-14H2,1H3. The van der Waals surface area contributed by atoms with E-state index in [2.05, 4.69) is 9.88 Å². The highest BCUT2D eigenvalue weighted by molar-refractivity contribution is 7.13. The zero-order valence-corrected chi connectivity index (χ0v) is 16.3. The summed E-state index contributed by atoms with van der Waals surface area (Å²) < 4.78 is 0. The van der Waals surface area contributed by atoms with Crippen molar-refractivity contribution in [3.05, 3.63) is 52.0 Å². The number of nitrogens with zero attached hydrogens (tertiary/aromatic N) is 4. The van der Waals surface area contributed by atoms with Crippen molar-refractivity contribution in [1.29, 1.82) is 0 Å². The van der Waals surface area contributed by atoms with E-state index in [-0.39, 0.29) is 17.9 Å². The first kappa shape index (κ1) is 18.1. The summed E-state index contributed by atoms with van der Waals surface area (Å²) in [4.78, 5) is 37.8. The molecule has 0 aliphatic carbocycles. The average molecular weight is 385 g/mol. The Labute approximate surface area is 163 Å². The minimum absolute atomic E-state index is 0.0602. The van der Waals surface area contributed by atoms with Gasteiger partial charge in [0, 0.05) is 43.8 Å². The molecular formula is C20H24N4O2S. The zero-order chi connectivity index (χ0) is 18.8. The third-order valence-corrected chi connectivity index (χ3v) is 6.33. The van der Waals surface area contributed by atoms with Gasteiger partial charge < -0.3 is 9.80 Å². The van der Waals surface area contributed by atoms with Crippen LogP contribution in [0.3, 0.4) is 0 Å². The van der Waals surface area contributed by atoms with Gasteiger partial charge in [-0.05, 0) is 37.6 Å². The molecule has 1 atom stereocenters. The first-order valence-corrected chi connectivity index (χ1v) is 10.2. The number of piperazine rings is 1. The molecule has 0 spiro atoms. The lowest BCUT2D eigenvalue weighted by Gasteiger charge is -2.37. The van der Waals surface area contributed by atoms with Crippen LogP contribution in [0.4, 0.5) is 0 Å². The van der Waals surface area contributed by atoms with Gasteiger partial charge in [0.25, 0.3) is 5.91 Å². The van der Waals surface area contributed by atoms with Gasteiger partial charge in [-0.3, -0.25) is 19.5 Å². The first-order valence-electron chi connectivity index (χ1n) is 9.40. The number of thiophene rings is 1. The molecule has 142 valence electrons. The summed E-state index contributed by atoms with van der Waals surface area (Å²) >= 11 is 1.55. The summed E-state index contributed by atoms with van der Waals surface area (Å²) in [7, 11) is 0. The summed E-state index contributed by atoms with van der Waals surface area (Å²) in [6.45, 7) is 6.23. The number of hydrogen-bond donors (Lipinski definition) is 0. The molecule has 0 N–H and O–H groups in total. The molecule has 0 radical (unpaired) electrons. The highest BCUT2D eigenvalue weighted by Gasteiger charge is 2.37. The van der Waals surface area contributed by atoms with Gasteiger partial charge in [-0.2, -0.15) is 0 Å². The molecule has 2 aliphatic heterocycles. The molecule has 0 bridgehead atoms. The van der Waals surface area contributed by atoms with Crippen molar-refractivity contribution in [3.63, 3.8) is 0 Å². The van der Waals surface area contributed by atoms with E-state index in [4.69, 9.17) is 0 Å². The Morgan fingerprint density at radius 1 is 1.15 bits per heavy atom. The van der Waals surface area contributed by atoms with Crippen molar-refractivity contribution in [1.82, 2.24) is 19.7 Å². The van der Waals surface area contributed by atoms with Crippen molar-refractivity contribution in [3.8, 4) is 0 Å². The highest BCUT2D eigenvalue weighted by Crippen LogP contribution is 2.22. The van der Waals surface area contributed by atoms with E-state index >= 15 is 0 Å². The number of pyridine rings is 1. The Morgan fingerprint density at radius 2 is 1.96 bits per heavy atom. The van der Waals surface area contributed by atoms with Crippen LogP contribution < -0.4 is 0 Å². The fourth-order valence-corrected chi connectivity index (χ4v) is 4.68. The number of hydrogen-bond acceptors (Lipinski definition) is 5. The van der Waals surface area contributed by atoms with Crippen molar-refractivity contribution in [2.75, 3.05) is 32.7 Å². The van der Waals surface area contributed by atoms with E-state index in [0.717, 1.165) is 41.5 Å². The third-order valence-electron chi connectivity index (χ3n) is 5.34. The lowest BCUT2D eigenvalue weighted by Crippen LogP contribution is -2.53. The van der Waals surface area contributed by atoms with Gasteiger partial charge >= 0.3 is 0 Å². The van der Waals surface area contributed by atoms with Crippen LogP contribution in [0.15, 0.2) is 36.5 Å². The van der Waals surface area contributed by atoms with Crippen LogP contribution in [-0.4, -0.2) is 70.3 Å². The number of aromatic nitrogens is 1. The Morgan fingerprint density at radius 3 is 2.63 bits per heavy atom. The van der Waals surface area contributed by atoms with E-state index in [0.29, 0.717) is 19.6 Å². The molecular weight excluding hydrogens is 360 g/mol. The van der Waals surface area contributed by atoms with Crippen molar-refractivity contribution < 1.29 is 9.59 Å². The fraction of sp³-hybridized carbons (Fsp3) is 0.450. The zero-order valence-electron chi connectivity index (χ0n) is 15.5. The Bertz CT molecular complexity index is 814. The molecule has 2 aromatic heterocycles. The minimum atomic E-state index is -0.0602. The molecule has 1 unspecified atom stereocenters. The molecule has 2 saturated heterocycles. The molecule has 7 heteroatoms. The predicted molar refractivity (Wildman–Crippen MR) is 105 cm³/mol. The Balaban J connectivity index is 1.32. The molecule has 2 amide bonds. The normalized spacial score (nSPS) is 21.1. The van der Waals surface area contributed by atoms with Gasteiger partial charge in [-0.15, -0.1) is 11.3 Å². The molecule has 6 nitrogen and oxygen atoms in total. The summed E-state index contributed by atoms with van der Waals surface area (Å²) in [6.07, 6.45) is 2.61. The lowest BCUT2D eigenvalue weighted by molar-refractivity contribution is -0.133. The SMILES string of the molecule is Cc1ccc(C(=O)N2CCN(C3CCN(Cc4ccccn4)C3=O)CC2)s1. The van der Waals surface area contributed by atoms with E-state index < -0.39 is 0 Å². The maximum Gasteiger partial charge on any atom is 0.264 e. The predicted octanol–water partition coefficient (Wildman–Crippen LogP) is 2.01. The number of likely N-dealkylation sites (tertiary alicyclic amines) is 1. The average Bonchev–Trinajstić information content (AvgIpc) is 3.29. The number of rotatable bonds is 4. The third kappa shape index (κ3) is 3.89. The second-order valence-electron chi connectivity index (χ2n) is 7.12. The van der Waals surface area contributed by atoms with Gasteiger partial charge in [0.15, 0.2) is 0 Å². The van der Waals surface area contributed by atoms with Crippen molar-refractivity contribution in [2.24, 2.45) is 0 Å². The highest BCUT2D eigenvalue weighted by atomic mass is 32.1. The molecule has 4 rings (SSSR count). The van der Waals surface area contributed by atoms with Crippen LogP contribution in [0.25, 0.3) is 0 Å². The second kappa shape index (κ2) is 7.78. The summed E-state index contributed by atoms with van der Waals surface area (Å²) in [5, 5.41) is 0. The van der Waals surface area contributed by atoms with Crippen LogP contribution in [0.5, 0.6) is 0 Å². The molecule has 0 saturated carbocycles. The van der Waals surface area contributed by atoms with Gasteiger partial charge in [-0.25, -0.2) is 0 Å². The van der Waals surface area contributed by atoms with E-state index in [9.17, 15) is 9.59 Å².